The SMILES string of the molecule is C[C@H](NC(=O)[C@@H]1C[C@@H](O)CN1C(=O)[C@@H](N)C(C)(C)C)c1ccc(-c2scnc2CO)cc1. The van der Waals surface area contributed by atoms with E-state index in [1.165, 1.54) is 16.2 Å². The van der Waals surface area contributed by atoms with E-state index < -0.39 is 23.6 Å². The first kappa shape index (κ1) is 24.3. The molecular weight excluding hydrogens is 428 g/mol. The molecule has 0 radical (unpaired) electrons. The lowest BCUT2D eigenvalue weighted by atomic mass is 9.86. The van der Waals surface area contributed by atoms with Gasteiger partial charge in [-0.05, 0) is 23.5 Å². The molecule has 1 aromatic heterocycles. The molecule has 32 heavy (non-hydrogen) atoms. The Hall–Kier alpha value is -2.33. The highest BCUT2D eigenvalue weighted by molar-refractivity contribution is 7.13. The van der Waals surface area contributed by atoms with Gasteiger partial charge < -0.3 is 26.2 Å². The molecule has 4 atom stereocenters. The standard InChI is InChI=1S/C23H32N4O4S/c1-13(14-5-7-15(8-6-14)19-17(11-28)25-12-32-19)26-21(30)18-9-16(29)10-27(18)22(31)20(24)23(2,3)4/h5-8,12-13,16,18,20,28-29H,9-11,24H2,1-4H3,(H,26,30)/t13-,16+,18-,20+/m0/s1. The number of hydrogen-bond donors (Lipinski definition) is 4. The Kier molecular flexibility index (Phi) is 7.34. The van der Waals surface area contributed by atoms with Crippen LogP contribution in [0.4, 0.5) is 0 Å². The van der Waals surface area contributed by atoms with Crippen molar-refractivity contribution in [2.75, 3.05) is 6.54 Å². The van der Waals surface area contributed by atoms with E-state index in [0.717, 1.165) is 16.0 Å². The highest BCUT2D eigenvalue weighted by Gasteiger charge is 2.42. The summed E-state index contributed by atoms with van der Waals surface area (Å²) >= 11 is 1.46. The lowest BCUT2D eigenvalue weighted by Crippen LogP contribution is -2.55. The Balaban J connectivity index is 1.69. The van der Waals surface area contributed by atoms with Crippen molar-refractivity contribution >= 4 is 23.2 Å². The monoisotopic (exact) mass is 460 g/mol. The van der Waals surface area contributed by atoms with Gasteiger partial charge in [-0.3, -0.25) is 9.59 Å². The molecule has 3 rings (SSSR count). The average Bonchev–Trinajstić information content (AvgIpc) is 3.38. The van der Waals surface area contributed by atoms with E-state index in [1.54, 1.807) is 5.51 Å². The van der Waals surface area contributed by atoms with Crippen LogP contribution >= 0.6 is 11.3 Å². The minimum atomic E-state index is -0.761. The van der Waals surface area contributed by atoms with E-state index in [4.69, 9.17) is 5.73 Å². The Morgan fingerprint density at radius 3 is 2.56 bits per heavy atom. The maximum Gasteiger partial charge on any atom is 0.243 e. The van der Waals surface area contributed by atoms with Crippen LogP contribution < -0.4 is 11.1 Å². The van der Waals surface area contributed by atoms with Crippen LogP contribution in [0.25, 0.3) is 10.4 Å². The van der Waals surface area contributed by atoms with E-state index in [0.29, 0.717) is 5.69 Å². The van der Waals surface area contributed by atoms with Crippen LogP contribution in [0.5, 0.6) is 0 Å². The van der Waals surface area contributed by atoms with E-state index in [2.05, 4.69) is 10.3 Å². The minimum absolute atomic E-state index is 0.103. The minimum Gasteiger partial charge on any atom is -0.391 e. The summed E-state index contributed by atoms with van der Waals surface area (Å²) in [6.07, 6.45) is -0.563. The molecule has 0 aliphatic carbocycles. The van der Waals surface area contributed by atoms with Crippen molar-refractivity contribution in [2.45, 2.75) is 65.0 Å². The largest absolute Gasteiger partial charge is 0.391 e. The topological polar surface area (TPSA) is 129 Å². The van der Waals surface area contributed by atoms with Crippen LogP contribution in [0, 0.1) is 5.41 Å². The number of aromatic nitrogens is 1. The normalized spacial score (nSPS) is 20.8. The van der Waals surface area contributed by atoms with E-state index in [-0.39, 0.29) is 37.4 Å². The summed E-state index contributed by atoms with van der Waals surface area (Å²) in [6.45, 7) is 7.48. The lowest BCUT2D eigenvalue weighted by Gasteiger charge is -2.32. The van der Waals surface area contributed by atoms with Crippen molar-refractivity contribution < 1.29 is 19.8 Å². The highest BCUT2D eigenvalue weighted by atomic mass is 32.1. The molecule has 0 saturated carbocycles. The molecule has 2 aromatic rings. The molecule has 9 heteroatoms. The fourth-order valence-electron chi connectivity index (χ4n) is 3.79. The fraction of sp³-hybridized carbons (Fsp3) is 0.522. The molecule has 2 amide bonds. The van der Waals surface area contributed by atoms with E-state index in [1.807, 2.05) is 52.0 Å². The number of carbonyl (C=O) groups is 2. The summed E-state index contributed by atoms with van der Waals surface area (Å²) in [5.41, 5.74) is 9.87. The quantitative estimate of drug-likeness (QED) is 0.520. The highest BCUT2D eigenvalue weighted by Crippen LogP contribution is 2.29. The molecular formula is C23H32N4O4S. The van der Waals surface area contributed by atoms with Crippen LogP contribution in [0.2, 0.25) is 0 Å². The molecule has 0 unspecified atom stereocenters. The maximum atomic E-state index is 13.0. The molecule has 0 bridgehead atoms. The van der Waals surface area contributed by atoms with E-state index >= 15 is 0 Å². The Morgan fingerprint density at radius 1 is 1.31 bits per heavy atom. The van der Waals surface area contributed by atoms with Crippen molar-refractivity contribution in [3.63, 3.8) is 0 Å². The first-order valence-electron chi connectivity index (χ1n) is 10.7. The number of benzene rings is 1. The number of rotatable bonds is 6. The van der Waals surface area contributed by atoms with Gasteiger partial charge in [-0.1, -0.05) is 45.0 Å². The molecule has 1 aliphatic heterocycles. The van der Waals surface area contributed by atoms with Gasteiger partial charge in [-0.25, -0.2) is 4.98 Å². The number of hydrogen-bond acceptors (Lipinski definition) is 7. The summed E-state index contributed by atoms with van der Waals surface area (Å²) < 4.78 is 0. The van der Waals surface area contributed by atoms with Crippen LogP contribution in [0.1, 0.15) is 51.4 Å². The van der Waals surface area contributed by atoms with E-state index in [9.17, 15) is 19.8 Å². The maximum absolute atomic E-state index is 13.0. The predicted octanol–water partition coefficient (Wildman–Crippen LogP) is 1.81. The summed E-state index contributed by atoms with van der Waals surface area (Å²) in [6, 6.07) is 5.90. The Morgan fingerprint density at radius 2 is 1.97 bits per heavy atom. The fourth-order valence-corrected chi connectivity index (χ4v) is 4.60. The van der Waals surface area contributed by atoms with Crippen LogP contribution in [-0.4, -0.2) is 56.6 Å². The first-order valence-corrected chi connectivity index (χ1v) is 11.6. The molecule has 5 N–H and O–H groups in total. The second kappa shape index (κ2) is 9.66. The molecule has 0 spiro atoms. The van der Waals surface area contributed by atoms with Gasteiger partial charge in [0.2, 0.25) is 11.8 Å². The third-order valence-electron chi connectivity index (χ3n) is 5.89. The number of aliphatic hydroxyl groups is 2. The lowest BCUT2D eigenvalue weighted by molar-refractivity contribution is -0.141. The number of carbonyl (C=O) groups excluding carboxylic acids is 2. The van der Waals surface area contributed by atoms with Gasteiger partial charge in [-0.15, -0.1) is 11.3 Å². The van der Waals surface area contributed by atoms with Gasteiger partial charge in [0.25, 0.3) is 0 Å². The van der Waals surface area contributed by atoms with Crippen molar-refractivity contribution in [3.05, 3.63) is 41.0 Å². The summed E-state index contributed by atoms with van der Waals surface area (Å²) in [5, 5.41) is 22.5. The Bertz CT molecular complexity index is 954. The first-order chi connectivity index (χ1) is 15.0. The van der Waals surface area contributed by atoms with Gasteiger partial charge in [0.15, 0.2) is 0 Å². The third kappa shape index (κ3) is 5.17. The second-order valence-electron chi connectivity index (χ2n) is 9.38. The van der Waals surface area contributed by atoms with Crippen LogP contribution in [0.15, 0.2) is 29.8 Å². The summed E-state index contributed by atoms with van der Waals surface area (Å²) in [4.78, 5) is 32.4. The molecule has 174 valence electrons. The van der Waals surface area contributed by atoms with Crippen molar-refractivity contribution in [1.29, 1.82) is 0 Å². The van der Waals surface area contributed by atoms with Crippen molar-refractivity contribution in [3.8, 4) is 10.4 Å². The predicted molar refractivity (Wildman–Crippen MR) is 124 cm³/mol. The Labute approximate surface area is 192 Å². The number of aliphatic hydroxyl groups excluding tert-OH is 2. The molecule has 1 aliphatic rings. The van der Waals surface area contributed by atoms with Crippen LogP contribution in [-0.2, 0) is 16.2 Å². The number of amides is 2. The van der Waals surface area contributed by atoms with Gasteiger partial charge in [-0.2, -0.15) is 0 Å². The van der Waals surface area contributed by atoms with Gasteiger partial charge >= 0.3 is 0 Å². The number of β-amino-alcohol motifs (C(OH)–C–C–N with tert-alkyl or cyclic N) is 1. The molecule has 1 aromatic carbocycles. The van der Waals surface area contributed by atoms with Gasteiger partial charge in [0.1, 0.15) is 6.04 Å². The third-order valence-corrected chi connectivity index (χ3v) is 6.80. The molecule has 1 saturated heterocycles. The smallest absolute Gasteiger partial charge is 0.243 e. The number of nitrogens with one attached hydrogen (secondary N) is 1. The zero-order chi connectivity index (χ0) is 23.6. The van der Waals surface area contributed by atoms with Crippen LogP contribution in [0.3, 0.4) is 0 Å². The van der Waals surface area contributed by atoms with Crippen molar-refractivity contribution in [1.82, 2.24) is 15.2 Å². The second-order valence-corrected chi connectivity index (χ2v) is 10.2. The zero-order valence-corrected chi connectivity index (χ0v) is 19.7. The zero-order valence-electron chi connectivity index (χ0n) is 18.9. The van der Waals surface area contributed by atoms with Gasteiger partial charge in [0, 0.05) is 13.0 Å². The molecule has 8 nitrogen and oxygen atoms in total. The van der Waals surface area contributed by atoms with Gasteiger partial charge in [0.05, 0.1) is 40.9 Å². The average molecular weight is 461 g/mol. The molecule has 1 fully saturated rings. The number of nitrogens with two attached hydrogens (primary N) is 1. The van der Waals surface area contributed by atoms with Crippen molar-refractivity contribution in [2.24, 2.45) is 11.1 Å². The molecule has 2 heterocycles. The number of likely N-dealkylation sites (tertiary alicyclic amines) is 1. The number of nitrogens with zero attached hydrogens (tertiary/aromatic N) is 2. The summed E-state index contributed by atoms with van der Waals surface area (Å²) in [7, 11) is 0. The number of thiazole rings is 1. The summed E-state index contributed by atoms with van der Waals surface area (Å²) in [5.74, 6) is -0.631.